The third-order valence-electron chi connectivity index (χ3n) is 2.35. The summed E-state index contributed by atoms with van der Waals surface area (Å²) in [6, 6.07) is 7.33. The van der Waals surface area contributed by atoms with Gasteiger partial charge in [0.15, 0.2) is 0 Å². The van der Waals surface area contributed by atoms with Crippen LogP contribution < -0.4 is 0 Å². The standard InChI is InChI=1S/C11H11IN2O/c1-8-10(12)6-13-14(8)7-9-4-2-3-5-11(9)15/h2-6,15H,7H2,1H3. The third-order valence-corrected chi connectivity index (χ3v) is 3.41. The van der Waals surface area contributed by atoms with E-state index in [-0.39, 0.29) is 0 Å². The van der Waals surface area contributed by atoms with E-state index in [1.807, 2.05) is 36.0 Å². The Morgan fingerprint density at radius 2 is 2.13 bits per heavy atom. The summed E-state index contributed by atoms with van der Waals surface area (Å²) in [4.78, 5) is 0. The van der Waals surface area contributed by atoms with Crippen LogP contribution in [0.15, 0.2) is 30.5 Å². The Hall–Kier alpha value is -1.04. The number of para-hydroxylation sites is 1. The average molecular weight is 314 g/mol. The topological polar surface area (TPSA) is 38.0 Å². The largest absolute Gasteiger partial charge is 0.508 e. The van der Waals surface area contributed by atoms with Gasteiger partial charge in [-0.25, -0.2) is 0 Å². The van der Waals surface area contributed by atoms with Gasteiger partial charge in [0, 0.05) is 11.3 Å². The third kappa shape index (κ3) is 2.14. The van der Waals surface area contributed by atoms with Crippen LogP contribution in [-0.4, -0.2) is 14.9 Å². The lowest BCUT2D eigenvalue weighted by Gasteiger charge is -2.06. The lowest BCUT2D eigenvalue weighted by Crippen LogP contribution is -2.03. The Kier molecular flexibility index (Phi) is 2.95. The molecule has 2 rings (SSSR count). The molecule has 1 heterocycles. The van der Waals surface area contributed by atoms with Gasteiger partial charge in [0.25, 0.3) is 0 Å². The van der Waals surface area contributed by atoms with E-state index < -0.39 is 0 Å². The number of aromatic nitrogens is 2. The van der Waals surface area contributed by atoms with Gasteiger partial charge in [0.2, 0.25) is 0 Å². The summed E-state index contributed by atoms with van der Waals surface area (Å²) >= 11 is 2.25. The molecule has 0 radical (unpaired) electrons. The van der Waals surface area contributed by atoms with Gasteiger partial charge in [-0.3, -0.25) is 4.68 Å². The molecule has 0 aliphatic rings. The number of hydrogen-bond acceptors (Lipinski definition) is 2. The van der Waals surface area contributed by atoms with Crippen LogP contribution in [-0.2, 0) is 6.54 Å². The molecule has 0 amide bonds. The molecule has 0 saturated heterocycles. The Labute approximate surface area is 102 Å². The van der Waals surface area contributed by atoms with Crippen LogP contribution in [0.1, 0.15) is 11.3 Å². The minimum absolute atomic E-state index is 0.322. The predicted molar refractivity (Wildman–Crippen MR) is 66.9 cm³/mol. The molecule has 2 aromatic rings. The van der Waals surface area contributed by atoms with E-state index in [4.69, 9.17) is 0 Å². The molecule has 1 N–H and O–H groups in total. The molecule has 78 valence electrons. The number of phenols is 1. The molecular weight excluding hydrogens is 303 g/mol. The van der Waals surface area contributed by atoms with Gasteiger partial charge in [0.05, 0.1) is 16.3 Å². The van der Waals surface area contributed by atoms with Crippen LogP contribution in [0.3, 0.4) is 0 Å². The second-order valence-electron chi connectivity index (χ2n) is 3.36. The van der Waals surface area contributed by atoms with Crippen molar-refractivity contribution in [3.8, 4) is 5.75 Å². The lowest BCUT2D eigenvalue weighted by atomic mass is 10.2. The highest BCUT2D eigenvalue weighted by Crippen LogP contribution is 2.18. The predicted octanol–water partition coefficient (Wildman–Crippen LogP) is 2.55. The first-order chi connectivity index (χ1) is 7.18. The second-order valence-corrected chi connectivity index (χ2v) is 4.53. The summed E-state index contributed by atoms with van der Waals surface area (Å²) in [6.45, 7) is 2.64. The molecule has 1 aromatic carbocycles. The minimum atomic E-state index is 0.322. The van der Waals surface area contributed by atoms with Crippen molar-refractivity contribution in [2.75, 3.05) is 0 Å². The fourth-order valence-corrected chi connectivity index (χ4v) is 1.79. The van der Waals surface area contributed by atoms with Crippen molar-refractivity contribution in [3.63, 3.8) is 0 Å². The highest BCUT2D eigenvalue weighted by Gasteiger charge is 2.06. The molecule has 0 spiro atoms. The zero-order chi connectivity index (χ0) is 10.8. The molecule has 0 saturated carbocycles. The van der Waals surface area contributed by atoms with Gasteiger partial charge in [0.1, 0.15) is 5.75 Å². The Morgan fingerprint density at radius 3 is 2.73 bits per heavy atom. The maximum atomic E-state index is 9.63. The van der Waals surface area contributed by atoms with Crippen LogP contribution in [0.2, 0.25) is 0 Å². The van der Waals surface area contributed by atoms with E-state index >= 15 is 0 Å². The molecule has 0 fully saturated rings. The van der Waals surface area contributed by atoms with E-state index in [0.717, 1.165) is 14.8 Å². The number of halogens is 1. The van der Waals surface area contributed by atoms with E-state index in [1.54, 1.807) is 6.07 Å². The average Bonchev–Trinajstić information content (AvgIpc) is 2.53. The number of aromatic hydroxyl groups is 1. The summed E-state index contributed by atoms with van der Waals surface area (Å²) in [5.74, 6) is 0.322. The van der Waals surface area contributed by atoms with Crippen molar-refractivity contribution >= 4 is 22.6 Å². The maximum absolute atomic E-state index is 9.63. The zero-order valence-corrected chi connectivity index (χ0v) is 10.5. The summed E-state index contributed by atoms with van der Waals surface area (Å²) in [5, 5.41) is 13.9. The van der Waals surface area contributed by atoms with Gasteiger partial charge in [-0.05, 0) is 35.6 Å². The second kappa shape index (κ2) is 4.22. The van der Waals surface area contributed by atoms with Crippen molar-refractivity contribution in [2.24, 2.45) is 0 Å². The smallest absolute Gasteiger partial charge is 0.120 e. The molecule has 15 heavy (non-hydrogen) atoms. The first-order valence-electron chi connectivity index (χ1n) is 4.63. The summed E-state index contributed by atoms with van der Waals surface area (Å²) < 4.78 is 3.03. The number of nitrogens with zero attached hydrogens (tertiary/aromatic N) is 2. The number of rotatable bonds is 2. The maximum Gasteiger partial charge on any atom is 0.120 e. The number of hydrogen-bond donors (Lipinski definition) is 1. The van der Waals surface area contributed by atoms with E-state index in [9.17, 15) is 5.11 Å². The molecular formula is C11H11IN2O. The van der Waals surface area contributed by atoms with E-state index in [2.05, 4.69) is 27.7 Å². The fraction of sp³-hybridized carbons (Fsp3) is 0.182. The molecule has 3 nitrogen and oxygen atoms in total. The summed E-state index contributed by atoms with van der Waals surface area (Å²) in [7, 11) is 0. The van der Waals surface area contributed by atoms with Crippen LogP contribution in [0.4, 0.5) is 0 Å². The molecule has 0 atom stereocenters. The first kappa shape index (κ1) is 10.5. The molecule has 0 bridgehead atoms. The van der Waals surface area contributed by atoms with Crippen LogP contribution >= 0.6 is 22.6 Å². The van der Waals surface area contributed by atoms with Crippen molar-refractivity contribution in [2.45, 2.75) is 13.5 Å². The highest BCUT2D eigenvalue weighted by molar-refractivity contribution is 14.1. The van der Waals surface area contributed by atoms with Gasteiger partial charge >= 0.3 is 0 Å². The first-order valence-corrected chi connectivity index (χ1v) is 5.71. The van der Waals surface area contributed by atoms with E-state index in [0.29, 0.717) is 12.3 Å². The van der Waals surface area contributed by atoms with Crippen molar-refractivity contribution in [3.05, 3.63) is 45.3 Å². The molecule has 0 aliphatic carbocycles. The number of phenolic OH excluding ortho intramolecular Hbond substituents is 1. The van der Waals surface area contributed by atoms with Gasteiger partial charge in [-0.15, -0.1) is 0 Å². The molecule has 1 aromatic heterocycles. The van der Waals surface area contributed by atoms with Crippen LogP contribution in [0, 0.1) is 10.5 Å². The number of benzene rings is 1. The monoisotopic (exact) mass is 314 g/mol. The molecule has 0 unspecified atom stereocenters. The normalized spacial score (nSPS) is 10.5. The Morgan fingerprint density at radius 1 is 1.40 bits per heavy atom. The molecule has 0 aliphatic heterocycles. The summed E-state index contributed by atoms with van der Waals surface area (Å²) in [6.07, 6.45) is 1.83. The van der Waals surface area contributed by atoms with Crippen molar-refractivity contribution < 1.29 is 5.11 Å². The highest BCUT2D eigenvalue weighted by atomic mass is 127. The van der Waals surface area contributed by atoms with Crippen LogP contribution in [0.25, 0.3) is 0 Å². The SMILES string of the molecule is Cc1c(I)cnn1Cc1ccccc1O. The van der Waals surface area contributed by atoms with Gasteiger partial charge < -0.3 is 5.11 Å². The van der Waals surface area contributed by atoms with Gasteiger partial charge in [-0.1, -0.05) is 18.2 Å². The zero-order valence-electron chi connectivity index (χ0n) is 8.31. The quantitative estimate of drug-likeness (QED) is 0.865. The van der Waals surface area contributed by atoms with Gasteiger partial charge in [-0.2, -0.15) is 5.10 Å². The summed E-state index contributed by atoms with van der Waals surface area (Å²) in [5.41, 5.74) is 2.01. The van der Waals surface area contributed by atoms with E-state index in [1.165, 1.54) is 0 Å². The minimum Gasteiger partial charge on any atom is -0.508 e. The lowest BCUT2D eigenvalue weighted by molar-refractivity contribution is 0.463. The van der Waals surface area contributed by atoms with Crippen LogP contribution in [0.5, 0.6) is 5.75 Å². The molecule has 4 heteroatoms. The Balaban J connectivity index is 2.30. The van der Waals surface area contributed by atoms with Crippen molar-refractivity contribution in [1.82, 2.24) is 9.78 Å². The fourth-order valence-electron chi connectivity index (χ4n) is 1.39. The Bertz CT molecular complexity index is 479. The van der Waals surface area contributed by atoms with Crippen molar-refractivity contribution in [1.29, 1.82) is 0 Å².